The van der Waals surface area contributed by atoms with E-state index < -0.39 is 0 Å². The molecule has 9 heteroatoms. The van der Waals surface area contributed by atoms with Gasteiger partial charge in [-0.3, -0.25) is 9.99 Å². The Morgan fingerprint density at radius 3 is 2.65 bits per heavy atom. The molecule has 1 fully saturated rings. The van der Waals surface area contributed by atoms with Crippen molar-refractivity contribution in [1.29, 1.82) is 0 Å². The van der Waals surface area contributed by atoms with E-state index in [0.717, 1.165) is 13.1 Å². The zero-order chi connectivity index (χ0) is 13.8. The van der Waals surface area contributed by atoms with Crippen LogP contribution in [0.4, 0.5) is 11.9 Å². The van der Waals surface area contributed by atoms with Crippen LogP contribution in [0.2, 0.25) is 0 Å². The smallest absolute Gasteiger partial charge is 0.244 e. The molecule has 0 saturated carbocycles. The van der Waals surface area contributed by atoms with Crippen molar-refractivity contribution in [3.8, 4) is 5.95 Å². The van der Waals surface area contributed by atoms with Gasteiger partial charge in [0.25, 0.3) is 0 Å². The summed E-state index contributed by atoms with van der Waals surface area (Å²) in [5.74, 6) is 1.51. The van der Waals surface area contributed by atoms with Gasteiger partial charge in [0.2, 0.25) is 17.8 Å². The topological polar surface area (TPSA) is 93.0 Å². The van der Waals surface area contributed by atoms with Crippen LogP contribution in [0.1, 0.15) is 0 Å². The number of rotatable bonds is 4. The summed E-state index contributed by atoms with van der Waals surface area (Å²) in [4.78, 5) is 17.0. The summed E-state index contributed by atoms with van der Waals surface area (Å²) in [6, 6.07) is 0. The van der Waals surface area contributed by atoms with Crippen LogP contribution in [0.25, 0.3) is 5.95 Å². The third kappa shape index (κ3) is 2.83. The maximum absolute atomic E-state index is 5.31. The van der Waals surface area contributed by atoms with Gasteiger partial charge < -0.3 is 10.1 Å². The molecule has 1 saturated heterocycles. The second kappa shape index (κ2) is 5.80. The molecule has 0 aliphatic carbocycles. The van der Waals surface area contributed by atoms with Crippen molar-refractivity contribution in [3.63, 3.8) is 0 Å². The number of hydrazine groups is 1. The number of morpholine rings is 1. The first kappa shape index (κ1) is 12.8. The lowest BCUT2D eigenvalue weighted by molar-refractivity contribution is 0.0492. The van der Waals surface area contributed by atoms with Crippen LogP contribution in [0, 0.1) is 0 Å². The van der Waals surface area contributed by atoms with E-state index in [1.54, 1.807) is 30.3 Å². The zero-order valence-electron chi connectivity index (χ0n) is 11.2. The normalized spacial score (nSPS) is 16.1. The summed E-state index contributed by atoms with van der Waals surface area (Å²) in [7, 11) is 1.77. The number of ether oxygens (including phenoxy) is 1. The number of nitrogens with zero attached hydrogens (tertiary/aromatic N) is 6. The molecule has 2 N–H and O–H groups in total. The summed E-state index contributed by atoms with van der Waals surface area (Å²) in [6.07, 6.45) is 5.11. The number of aromatic nitrogens is 5. The molecule has 3 rings (SSSR count). The maximum atomic E-state index is 5.31. The Hall–Kier alpha value is -2.26. The van der Waals surface area contributed by atoms with Crippen molar-refractivity contribution in [2.75, 3.05) is 44.1 Å². The Morgan fingerprint density at radius 2 is 1.95 bits per heavy atom. The van der Waals surface area contributed by atoms with Crippen molar-refractivity contribution in [3.05, 3.63) is 18.7 Å². The maximum Gasteiger partial charge on any atom is 0.244 e. The van der Waals surface area contributed by atoms with Gasteiger partial charge in [-0.2, -0.15) is 15.0 Å². The molecule has 106 valence electrons. The molecule has 0 spiro atoms. The average molecular weight is 276 g/mol. The summed E-state index contributed by atoms with van der Waals surface area (Å²) >= 11 is 0. The van der Waals surface area contributed by atoms with Gasteiger partial charge in [-0.1, -0.05) is 0 Å². The lowest BCUT2D eigenvalue weighted by Crippen LogP contribution is -2.40. The molecule has 0 aromatic carbocycles. The molecular formula is C11H16N8O. The summed E-state index contributed by atoms with van der Waals surface area (Å²) in [5, 5.41) is 4.95. The molecule has 0 amide bonds. The van der Waals surface area contributed by atoms with Gasteiger partial charge in [0.05, 0.1) is 13.2 Å². The minimum atomic E-state index is 0.495. The highest BCUT2D eigenvalue weighted by atomic mass is 16.5. The van der Waals surface area contributed by atoms with E-state index in [4.69, 9.17) is 4.74 Å². The zero-order valence-corrected chi connectivity index (χ0v) is 11.2. The van der Waals surface area contributed by atoms with Crippen LogP contribution >= 0.6 is 0 Å². The van der Waals surface area contributed by atoms with Crippen molar-refractivity contribution in [2.45, 2.75) is 0 Å². The van der Waals surface area contributed by atoms with Crippen LogP contribution in [0.3, 0.4) is 0 Å². The molecule has 2 aromatic rings. The minimum Gasteiger partial charge on any atom is -0.379 e. The van der Waals surface area contributed by atoms with E-state index in [-0.39, 0.29) is 0 Å². The molecule has 2 aromatic heterocycles. The molecule has 1 aliphatic heterocycles. The van der Waals surface area contributed by atoms with Gasteiger partial charge in [-0.25, -0.2) is 9.99 Å². The lowest BCUT2D eigenvalue weighted by atomic mass is 10.5. The quantitative estimate of drug-likeness (QED) is 0.790. The SMILES string of the molecule is CNc1nc(NN2CCOCC2)nc(-n2ccnc2)n1. The van der Waals surface area contributed by atoms with Crippen LogP contribution in [-0.2, 0) is 4.74 Å². The monoisotopic (exact) mass is 276 g/mol. The number of hydrogen-bond acceptors (Lipinski definition) is 8. The number of imidazole rings is 1. The summed E-state index contributed by atoms with van der Waals surface area (Å²) in [6.45, 7) is 2.98. The number of anilines is 2. The van der Waals surface area contributed by atoms with Gasteiger partial charge in [-0.05, 0) is 0 Å². The first-order valence-electron chi connectivity index (χ1n) is 6.36. The van der Waals surface area contributed by atoms with Crippen molar-refractivity contribution >= 4 is 11.9 Å². The fourth-order valence-electron chi connectivity index (χ4n) is 1.84. The molecule has 0 bridgehead atoms. The van der Waals surface area contributed by atoms with Crippen molar-refractivity contribution < 1.29 is 4.74 Å². The van der Waals surface area contributed by atoms with E-state index in [1.165, 1.54) is 0 Å². The Balaban J connectivity index is 1.84. The molecule has 0 unspecified atom stereocenters. The van der Waals surface area contributed by atoms with Crippen molar-refractivity contribution in [2.24, 2.45) is 0 Å². The van der Waals surface area contributed by atoms with Crippen LogP contribution in [0.5, 0.6) is 0 Å². The second-order valence-electron chi connectivity index (χ2n) is 4.21. The third-order valence-corrected chi connectivity index (χ3v) is 2.85. The second-order valence-corrected chi connectivity index (χ2v) is 4.21. The van der Waals surface area contributed by atoms with Crippen LogP contribution in [0.15, 0.2) is 18.7 Å². The fraction of sp³-hybridized carbons (Fsp3) is 0.455. The highest BCUT2D eigenvalue weighted by molar-refractivity contribution is 5.36. The molecule has 0 radical (unpaired) electrons. The predicted molar refractivity (Wildman–Crippen MR) is 72.5 cm³/mol. The Morgan fingerprint density at radius 1 is 1.15 bits per heavy atom. The van der Waals surface area contributed by atoms with Gasteiger partial charge >= 0.3 is 0 Å². The fourth-order valence-corrected chi connectivity index (χ4v) is 1.84. The molecule has 3 heterocycles. The van der Waals surface area contributed by atoms with Gasteiger partial charge in [-0.15, -0.1) is 0 Å². The van der Waals surface area contributed by atoms with E-state index in [9.17, 15) is 0 Å². The summed E-state index contributed by atoms with van der Waals surface area (Å²) in [5.41, 5.74) is 3.18. The first-order chi connectivity index (χ1) is 9.85. The van der Waals surface area contributed by atoms with E-state index in [2.05, 4.69) is 30.7 Å². The number of nitrogens with one attached hydrogen (secondary N) is 2. The number of hydrogen-bond donors (Lipinski definition) is 2. The van der Waals surface area contributed by atoms with E-state index >= 15 is 0 Å². The predicted octanol–water partition coefficient (Wildman–Crippen LogP) is -0.242. The highest BCUT2D eigenvalue weighted by Crippen LogP contribution is 2.10. The molecular weight excluding hydrogens is 260 g/mol. The highest BCUT2D eigenvalue weighted by Gasteiger charge is 2.13. The Kier molecular flexibility index (Phi) is 3.70. The van der Waals surface area contributed by atoms with Gasteiger partial charge in [0.15, 0.2) is 0 Å². The van der Waals surface area contributed by atoms with Crippen LogP contribution in [-0.4, -0.2) is 62.9 Å². The van der Waals surface area contributed by atoms with E-state index in [0.29, 0.717) is 31.1 Å². The lowest BCUT2D eigenvalue weighted by Gasteiger charge is -2.26. The van der Waals surface area contributed by atoms with Gasteiger partial charge in [0, 0.05) is 32.5 Å². The molecule has 9 nitrogen and oxygen atoms in total. The minimum absolute atomic E-state index is 0.495. The van der Waals surface area contributed by atoms with Crippen LogP contribution < -0.4 is 10.7 Å². The van der Waals surface area contributed by atoms with Crippen molar-refractivity contribution in [1.82, 2.24) is 29.5 Å². The molecule has 20 heavy (non-hydrogen) atoms. The summed E-state index contributed by atoms with van der Waals surface area (Å²) < 4.78 is 7.03. The molecule has 1 aliphatic rings. The third-order valence-electron chi connectivity index (χ3n) is 2.85. The van der Waals surface area contributed by atoms with E-state index in [1.807, 2.05) is 5.01 Å². The Labute approximate surface area is 116 Å². The average Bonchev–Trinajstić information content (AvgIpc) is 3.02. The largest absolute Gasteiger partial charge is 0.379 e. The standard InChI is InChI=1S/C11H16N8O/c1-12-9-14-10(17-19-4-6-20-7-5-19)16-11(15-9)18-3-2-13-8-18/h2-3,8H,4-7H2,1H3,(H2,12,14,15,16,17). The van der Waals surface area contributed by atoms with Gasteiger partial charge in [0.1, 0.15) is 6.33 Å². The molecule has 0 atom stereocenters. The first-order valence-corrected chi connectivity index (χ1v) is 6.36. The Bertz CT molecular complexity index is 552.